The van der Waals surface area contributed by atoms with Crippen molar-refractivity contribution in [2.45, 2.75) is 58.5 Å². The van der Waals surface area contributed by atoms with Gasteiger partial charge in [-0.05, 0) is 50.6 Å². The summed E-state index contributed by atoms with van der Waals surface area (Å²) in [6, 6.07) is 8.68. The van der Waals surface area contributed by atoms with Gasteiger partial charge in [-0.15, -0.1) is 24.0 Å². The molecule has 0 aliphatic carbocycles. The molecule has 7 nitrogen and oxygen atoms in total. The van der Waals surface area contributed by atoms with Crippen LogP contribution in [-0.4, -0.2) is 49.1 Å². The summed E-state index contributed by atoms with van der Waals surface area (Å²) >= 11 is 0. The number of hydrogen-bond acceptors (Lipinski definition) is 5. The SMILES string of the molecule is CCNC(=NCc1ncc(C(C)(C)C)o1)NCC(c1ccc(OC)cc1)N1CCCC1.I. The Morgan fingerprint density at radius 1 is 1.19 bits per heavy atom. The average molecular weight is 556 g/mol. The molecular formula is C24H38IN5O2. The first-order valence-corrected chi connectivity index (χ1v) is 11.3. The van der Waals surface area contributed by atoms with E-state index in [1.165, 1.54) is 18.4 Å². The Morgan fingerprint density at radius 3 is 2.44 bits per heavy atom. The molecule has 1 saturated heterocycles. The molecule has 32 heavy (non-hydrogen) atoms. The van der Waals surface area contributed by atoms with E-state index in [1.54, 1.807) is 13.3 Å². The molecule has 1 atom stereocenters. The van der Waals surface area contributed by atoms with Gasteiger partial charge in [0.05, 0.1) is 19.3 Å². The van der Waals surface area contributed by atoms with E-state index >= 15 is 0 Å². The van der Waals surface area contributed by atoms with Crippen LogP contribution in [-0.2, 0) is 12.0 Å². The predicted octanol–water partition coefficient (Wildman–Crippen LogP) is 4.49. The molecule has 1 aliphatic rings. The van der Waals surface area contributed by atoms with Gasteiger partial charge < -0.3 is 19.8 Å². The summed E-state index contributed by atoms with van der Waals surface area (Å²) in [6.07, 6.45) is 4.31. The van der Waals surface area contributed by atoms with Gasteiger partial charge in [0.15, 0.2) is 5.96 Å². The second-order valence-corrected chi connectivity index (χ2v) is 8.98. The number of oxazole rings is 1. The largest absolute Gasteiger partial charge is 0.497 e. The molecule has 0 bridgehead atoms. The number of benzene rings is 1. The molecule has 2 N–H and O–H groups in total. The number of ether oxygens (including phenoxy) is 1. The van der Waals surface area contributed by atoms with E-state index in [2.05, 4.69) is 60.3 Å². The predicted molar refractivity (Wildman–Crippen MR) is 140 cm³/mol. The minimum atomic E-state index is -0.0565. The summed E-state index contributed by atoms with van der Waals surface area (Å²) in [5.74, 6) is 3.17. The van der Waals surface area contributed by atoms with Crippen LogP contribution in [0.3, 0.4) is 0 Å². The Hall–Kier alpha value is -1.81. The molecule has 0 spiro atoms. The molecule has 0 radical (unpaired) electrons. The highest BCUT2D eigenvalue weighted by Gasteiger charge is 2.24. The molecule has 1 aromatic heterocycles. The summed E-state index contributed by atoms with van der Waals surface area (Å²) in [5.41, 5.74) is 1.23. The summed E-state index contributed by atoms with van der Waals surface area (Å²) in [6.45, 7) is 12.6. The minimum Gasteiger partial charge on any atom is -0.497 e. The number of guanidine groups is 1. The lowest BCUT2D eigenvalue weighted by molar-refractivity contribution is 0.245. The lowest BCUT2D eigenvalue weighted by Crippen LogP contribution is -2.42. The van der Waals surface area contributed by atoms with Gasteiger partial charge in [-0.25, -0.2) is 9.98 Å². The van der Waals surface area contributed by atoms with Crippen molar-refractivity contribution in [3.63, 3.8) is 0 Å². The fourth-order valence-electron chi connectivity index (χ4n) is 3.75. The number of nitrogens with one attached hydrogen (secondary N) is 2. The van der Waals surface area contributed by atoms with Gasteiger partial charge in [-0.2, -0.15) is 0 Å². The molecule has 1 fully saturated rings. The number of aliphatic imine (C=N–C) groups is 1. The summed E-state index contributed by atoms with van der Waals surface area (Å²) in [7, 11) is 1.70. The van der Waals surface area contributed by atoms with Crippen LogP contribution in [0.2, 0.25) is 0 Å². The maximum atomic E-state index is 5.88. The third-order valence-corrected chi connectivity index (χ3v) is 5.55. The molecule has 2 heterocycles. The standard InChI is InChI=1S/C24H37N5O2.HI/c1-6-25-23(28-17-22-26-16-21(31-22)24(2,3)4)27-15-20(29-13-7-8-14-29)18-9-11-19(30-5)12-10-18;/h9-12,16,20H,6-8,13-15,17H2,1-5H3,(H2,25,27,28);1H. The van der Waals surface area contributed by atoms with Gasteiger partial charge >= 0.3 is 0 Å². The number of aromatic nitrogens is 1. The monoisotopic (exact) mass is 555 g/mol. The maximum absolute atomic E-state index is 5.88. The Morgan fingerprint density at radius 2 is 1.88 bits per heavy atom. The highest BCUT2D eigenvalue weighted by molar-refractivity contribution is 14.0. The Kier molecular flexibility index (Phi) is 10.3. The van der Waals surface area contributed by atoms with Crippen LogP contribution in [0.5, 0.6) is 5.75 Å². The number of nitrogens with zero attached hydrogens (tertiary/aromatic N) is 3. The van der Waals surface area contributed by atoms with Crippen molar-refractivity contribution in [1.29, 1.82) is 0 Å². The lowest BCUT2D eigenvalue weighted by Gasteiger charge is -2.29. The first-order valence-electron chi connectivity index (χ1n) is 11.3. The molecule has 0 amide bonds. The van der Waals surface area contributed by atoms with E-state index in [9.17, 15) is 0 Å². The van der Waals surface area contributed by atoms with Crippen LogP contribution >= 0.6 is 24.0 Å². The van der Waals surface area contributed by atoms with E-state index in [4.69, 9.17) is 14.1 Å². The first kappa shape index (κ1) is 26.4. The molecule has 0 saturated carbocycles. The molecule has 1 aliphatic heterocycles. The third kappa shape index (κ3) is 7.37. The zero-order valence-corrected chi connectivity index (χ0v) is 22.3. The highest BCUT2D eigenvalue weighted by atomic mass is 127. The van der Waals surface area contributed by atoms with Gasteiger partial charge in [0.1, 0.15) is 18.1 Å². The van der Waals surface area contributed by atoms with Crippen LogP contribution in [0.1, 0.15) is 63.8 Å². The maximum Gasteiger partial charge on any atom is 0.216 e. The van der Waals surface area contributed by atoms with Crippen molar-refractivity contribution in [2.75, 3.05) is 33.3 Å². The Labute approximate surface area is 209 Å². The molecule has 178 valence electrons. The quantitative estimate of drug-likeness (QED) is 0.284. The molecule has 2 aromatic rings. The molecular weight excluding hydrogens is 517 g/mol. The summed E-state index contributed by atoms with van der Waals surface area (Å²) in [5, 5.41) is 6.87. The number of methoxy groups -OCH3 is 1. The number of halogens is 1. The van der Waals surface area contributed by atoms with E-state index in [1.807, 2.05) is 12.1 Å². The summed E-state index contributed by atoms with van der Waals surface area (Å²) in [4.78, 5) is 11.6. The molecule has 1 unspecified atom stereocenters. The zero-order chi connectivity index (χ0) is 22.3. The van der Waals surface area contributed by atoms with E-state index in [0.29, 0.717) is 12.4 Å². The molecule has 8 heteroatoms. The van der Waals surface area contributed by atoms with Crippen molar-refractivity contribution in [1.82, 2.24) is 20.5 Å². The first-order chi connectivity index (χ1) is 14.9. The second-order valence-electron chi connectivity index (χ2n) is 8.98. The van der Waals surface area contributed by atoms with E-state index < -0.39 is 0 Å². The number of hydrogen-bond donors (Lipinski definition) is 2. The fourth-order valence-corrected chi connectivity index (χ4v) is 3.75. The smallest absolute Gasteiger partial charge is 0.216 e. The Bertz CT molecular complexity index is 839. The third-order valence-electron chi connectivity index (χ3n) is 5.55. The number of rotatable bonds is 8. The van der Waals surface area contributed by atoms with Crippen LogP contribution in [0.15, 0.2) is 39.9 Å². The minimum absolute atomic E-state index is 0. The van der Waals surface area contributed by atoms with Crippen LogP contribution in [0, 0.1) is 0 Å². The van der Waals surface area contributed by atoms with Gasteiger partial charge in [-0.3, -0.25) is 4.90 Å². The van der Waals surface area contributed by atoms with E-state index in [-0.39, 0.29) is 35.4 Å². The van der Waals surface area contributed by atoms with Crippen molar-refractivity contribution in [2.24, 2.45) is 4.99 Å². The second kappa shape index (κ2) is 12.4. The van der Waals surface area contributed by atoms with Crippen molar-refractivity contribution < 1.29 is 9.15 Å². The van der Waals surface area contributed by atoms with Gasteiger partial charge in [-0.1, -0.05) is 32.9 Å². The van der Waals surface area contributed by atoms with Crippen molar-refractivity contribution in [3.05, 3.63) is 47.7 Å². The van der Waals surface area contributed by atoms with Gasteiger partial charge in [0.2, 0.25) is 5.89 Å². The van der Waals surface area contributed by atoms with Crippen molar-refractivity contribution in [3.8, 4) is 5.75 Å². The van der Waals surface area contributed by atoms with E-state index in [0.717, 1.165) is 43.6 Å². The molecule has 3 rings (SSSR count). The lowest BCUT2D eigenvalue weighted by atomic mass is 9.94. The van der Waals surface area contributed by atoms with Gasteiger partial charge in [0, 0.05) is 18.5 Å². The zero-order valence-electron chi connectivity index (χ0n) is 20.0. The fraction of sp³-hybridized carbons (Fsp3) is 0.583. The van der Waals surface area contributed by atoms with Gasteiger partial charge in [0.25, 0.3) is 0 Å². The highest BCUT2D eigenvalue weighted by Crippen LogP contribution is 2.26. The topological polar surface area (TPSA) is 74.9 Å². The van der Waals surface area contributed by atoms with Crippen LogP contribution in [0.25, 0.3) is 0 Å². The van der Waals surface area contributed by atoms with Crippen molar-refractivity contribution >= 4 is 29.9 Å². The summed E-state index contributed by atoms with van der Waals surface area (Å²) < 4.78 is 11.2. The van der Waals surface area contributed by atoms with Crippen LogP contribution < -0.4 is 15.4 Å². The molecule has 1 aromatic carbocycles. The normalized spacial score (nSPS) is 15.8. The van der Waals surface area contributed by atoms with Crippen LogP contribution in [0.4, 0.5) is 0 Å². The average Bonchev–Trinajstić information content (AvgIpc) is 3.44. The Balaban J connectivity index is 0.00000363. The number of likely N-dealkylation sites (tertiary alicyclic amines) is 1.